The van der Waals surface area contributed by atoms with Crippen molar-refractivity contribution in [3.05, 3.63) is 190 Å². The van der Waals surface area contributed by atoms with E-state index in [-0.39, 0.29) is 10.8 Å². The van der Waals surface area contributed by atoms with Crippen LogP contribution in [0.1, 0.15) is 58.4 Å². The molecule has 2 aliphatic rings. The van der Waals surface area contributed by atoms with Crippen molar-refractivity contribution in [2.24, 2.45) is 0 Å². The van der Waals surface area contributed by atoms with Crippen molar-refractivity contribution in [3.8, 4) is 22.3 Å². The van der Waals surface area contributed by atoms with Crippen molar-refractivity contribution >= 4 is 0 Å². The summed E-state index contributed by atoms with van der Waals surface area (Å²) in [5, 5.41) is 0. The lowest BCUT2D eigenvalue weighted by Crippen LogP contribution is -2.48. The molecule has 0 heteroatoms. The van der Waals surface area contributed by atoms with Gasteiger partial charge in [0.1, 0.15) is 0 Å². The van der Waals surface area contributed by atoms with Gasteiger partial charge in [0.2, 0.25) is 0 Å². The summed E-state index contributed by atoms with van der Waals surface area (Å²) in [5.74, 6) is 0. The van der Waals surface area contributed by atoms with Gasteiger partial charge in [-0.05, 0) is 79.6 Å². The Hall–Kier alpha value is -4.68. The van der Waals surface area contributed by atoms with Crippen LogP contribution < -0.4 is 0 Å². The summed E-state index contributed by atoms with van der Waals surface area (Å²) in [5.41, 5.74) is 16.1. The van der Waals surface area contributed by atoms with E-state index in [4.69, 9.17) is 0 Å². The molecule has 2 atom stereocenters. The van der Waals surface area contributed by atoms with Gasteiger partial charge >= 0.3 is 0 Å². The Morgan fingerprint density at radius 2 is 0.714 bits per heavy atom. The molecule has 0 heterocycles. The van der Waals surface area contributed by atoms with E-state index in [1.807, 2.05) is 0 Å². The normalized spacial score (nSPS) is 15.6. The molecule has 0 N–H and O–H groups in total. The monoisotopic (exact) mass is 538 g/mol. The molecule has 202 valence electrons. The highest BCUT2D eigenvalue weighted by Gasteiger charge is 2.52. The quantitative estimate of drug-likeness (QED) is 0.204. The van der Waals surface area contributed by atoms with Gasteiger partial charge in [-0.3, -0.25) is 0 Å². The third kappa shape index (κ3) is 3.42. The average molecular weight is 539 g/mol. The van der Waals surface area contributed by atoms with E-state index in [1.54, 1.807) is 0 Å². The number of hydrogen-bond acceptors (Lipinski definition) is 0. The first kappa shape index (κ1) is 25.1. The molecule has 0 aliphatic heterocycles. The van der Waals surface area contributed by atoms with Crippen LogP contribution in [0.2, 0.25) is 0 Å². The first-order valence-electron chi connectivity index (χ1n) is 15.1. The molecular weight excluding hydrogens is 504 g/mol. The zero-order chi connectivity index (χ0) is 28.3. The molecule has 0 saturated carbocycles. The minimum absolute atomic E-state index is 0.368. The summed E-state index contributed by atoms with van der Waals surface area (Å²) in [6.45, 7) is 5.02. The molecule has 0 nitrogen and oxygen atoms in total. The lowest BCUT2D eigenvalue weighted by molar-refractivity contribution is 0.357. The Morgan fingerprint density at radius 3 is 1.14 bits per heavy atom. The zero-order valence-electron chi connectivity index (χ0n) is 24.3. The van der Waals surface area contributed by atoms with Crippen LogP contribution in [-0.4, -0.2) is 0 Å². The fourth-order valence-corrected chi connectivity index (χ4v) is 8.22. The maximum Gasteiger partial charge on any atom is 0.0312 e. The number of hydrogen-bond donors (Lipinski definition) is 0. The standard InChI is InChI=1S/C42H34/c1-41(31-17-5-3-6-18-31,39-25-13-23-35-33-21-11-9-15-29(33)27-37(35)39)42(2,32-19-7-4-8-20-32)40-26-14-24-36-34-22-12-10-16-30(34)28-38(36)40/h3-26H,27-28H2,1-2H3. The molecule has 42 heavy (non-hydrogen) atoms. The molecule has 6 aromatic carbocycles. The van der Waals surface area contributed by atoms with E-state index in [1.165, 1.54) is 66.8 Å². The van der Waals surface area contributed by atoms with Gasteiger partial charge in [0, 0.05) is 10.8 Å². The highest BCUT2D eigenvalue weighted by molar-refractivity contribution is 5.81. The summed E-state index contributed by atoms with van der Waals surface area (Å²) >= 11 is 0. The van der Waals surface area contributed by atoms with E-state index < -0.39 is 0 Å². The van der Waals surface area contributed by atoms with Crippen molar-refractivity contribution in [3.63, 3.8) is 0 Å². The number of benzene rings is 6. The van der Waals surface area contributed by atoms with E-state index >= 15 is 0 Å². The second-order valence-corrected chi connectivity index (χ2v) is 12.3. The SMILES string of the molecule is CC(c1ccccc1)(c1cccc2c1Cc1ccccc1-2)C(C)(c1ccccc1)c1cccc2c1Cc1ccccc1-2. The molecule has 2 aliphatic carbocycles. The topological polar surface area (TPSA) is 0 Å². The Morgan fingerprint density at radius 1 is 0.357 bits per heavy atom. The second kappa shape index (κ2) is 9.43. The molecule has 0 fully saturated rings. The van der Waals surface area contributed by atoms with Crippen molar-refractivity contribution < 1.29 is 0 Å². The summed E-state index contributed by atoms with van der Waals surface area (Å²) in [7, 11) is 0. The van der Waals surface area contributed by atoms with Crippen LogP contribution in [0.3, 0.4) is 0 Å². The number of fused-ring (bicyclic) bond motifs is 6. The smallest absolute Gasteiger partial charge is 0.0312 e. The molecule has 0 bridgehead atoms. The number of rotatable bonds is 5. The van der Waals surface area contributed by atoms with E-state index in [0.717, 1.165) is 12.8 Å². The first-order chi connectivity index (χ1) is 20.6. The van der Waals surface area contributed by atoms with Gasteiger partial charge in [0.05, 0.1) is 0 Å². The Bertz CT molecular complexity index is 1800. The van der Waals surface area contributed by atoms with E-state index in [9.17, 15) is 0 Å². The fourth-order valence-electron chi connectivity index (χ4n) is 8.22. The Kier molecular flexibility index (Phi) is 5.63. The van der Waals surface area contributed by atoms with E-state index in [0.29, 0.717) is 0 Å². The summed E-state index contributed by atoms with van der Waals surface area (Å²) in [6, 6.07) is 54.5. The van der Waals surface area contributed by atoms with Crippen LogP contribution in [-0.2, 0) is 23.7 Å². The predicted molar refractivity (Wildman–Crippen MR) is 175 cm³/mol. The van der Waals surface area contributed by atoms with Crippen LogP contribution in [0, 0.1) is 0 Å². The Labute approximate surface area is 249 Å². The van der Waals surface area contributed by atoms with Gasteiger partial charge in [0.15, 0.2) is 0 Å². The molecule has 0 amide bonds. The third-order valence-corrected chi connectivity index (χ3v) is 10.5. The first-order valence-corrected chi connectivity index (χ1v) is 15.1. The maximum atomic E-state index is 2.51. The maximum absolute atomic E-state index is 2.51. The van der Waals surface area contributed by atoms with Gasteiger partial charge < -0.3 is 0 Å². The minimum atomic E-state index is -0.368. The lowest BCUT2D eigenvalue weighted by Gasteiger charge is -2.50. The van der Waals surface area contributed by atoms with Gasteiger partial charge in [-0.1, -0.05) is 159 Å². The van der Waals surface area contributed by atoms with Crippen molar-refractivity contribution in [1.82, 2.24) is 0 Å². The molecular formula is C42H34. The van der Waals surface area contributed by atoms with Gasteiger partial charge in [-0.25, -0.2) is 0 Å². The molecule has 6 aromatic rings. The van der Waals surface area contributed by atoms with Crippen LogP contribution in [0.5, 0.6) is 0 Å². The van der Waals surface area contributed by atoms with Gasteiger partial charge in [-0.2, -0.15) is 0 Å². The molecule has 0 radical (unpaired) electrons. The predicted octanol–water partition coefficient (Wildman–Crippen LogP) is 10.1. The van der Waals surface area contributed by atoms with Gasteiger partial charge in [-0.15, -0.1) is 0 Å². The van der Waals surface area contributed by atoms with E-state index in [2.05, 4.69) is 159 Å². The van der Waals surface area contributed by atoms with Crippen LogP contribution in [0.25, 0.3) is 22.3 Å². The summed E-state index contributed by atoms with van der Waals surface area (Å²) < 4.78 is 0. The summed E-state index contributed by atoms with van der Waals surface area (Å²) in [4.78, 5) is 0. The molecule has 0 aromatic heterocycles. The zero-order valence-corrected chi connectivity index (χ0v) is 24.3. The second-order valence-electron chi connectivity index (χ2n) is 12.3. The van der Waals surface area contributed by atoms with Crippen LogP contribution in [0.4, 0.5) is 0 Å². The average Bonchev–Trinajstić information content (AvgIpc) is 3.63. The largest absolute Gasteiger partial charge is 0.0622 e. The molecule has 8 rings (SSSR count). The van der Waals surface area contributed by atoms with Crippen molar-refractivity contribution in [2.75, 3.05) is 0 Å². The molecule has 0 saturated heterocycles. The van der Waals surface area contributed by atoms with Crippen LogP contribution >= 0.6 is 0 Å². The Balaban J connectivity index is 1.47. The highest BCUT2D eigenvalue weighted by atomic mass is 14.5. The summed E-state index contributed by atoms with van der Waals surface area (Å²) in [6.07, 6.45) is 1.93. The fraction of sp³-hybridized carbons (Fsp3) is 0.143. The van der Waals surface area contributed by atoms with Gasteiger partial charge in [0.25, 0.3) is 0 Å². The lowest BCUT2D eigenvalue weighted by atomic mass is 9.52. The molecule has 2 unspecified atom stereocenters. The van der Waals surface area contributed by atoms with Crippen LogP contribution in [0.15, 0.2) is 146 Å². The van der Waals surface area contributed by atoms with Crippen molar-refractivity contribution in [2.45, 2.75) is 37.5 Å². The van der Waals surface area contributed by atoms with Crippen molar-refractivity contribution in [1.29, 1.82) is 0 Å². The third-order valence-electron chi connectivity index (χ3n) is 10.5. The minimum Gasteiger partial charge on any atom is -0.0622 e. The molecule has 0 spiro atoms. The highest BCUT2D eigenvalue weighted by Crippen LogP contribution is 2.57.